The average Bonchev–Trinajstić information content (AvgIpc) is 2.11. The summed E-state index contributed by atoms with van der Waals surface area (Å²) < 4.78 is 0. The summed E-state index contributed by atoms with van der Waals surface area (Å²) in [7, 11) is 0. The molecule has 2 bridgehead atoms. The van der Waals surface area contributed by atoms with Gasteiger partial charge in [-0.05, 0) is 32.6 Å². The van der Waals surface area contributed by atoms with Gasteiger partial charge in [0.2, 0.25) is 0 Å². The molecule has 2 heterocycles. The van der Waals surface area contributed by atoms with Gasteiger partial charge < -0.3 is 5.32 Å². The Labute approximate surface area is 63.2 Å². The SMILES string of the molecule is CC12CCCCC(CC1)N2. The summed E-state index contributed by atoms with van der Waals surface area (Å²) in [6, 6.07) is 0.868. The van der Waals surface area contributed by atoms with Gasteiger partial charge in [0.15, 0.2) is 0 Å². The highest BCUT2D eigenvalue weighted by molar-refractivity contribution is 4.96. The van der Waals surface area contributed by atoms with E-state index in [9.17, 15) is 0 Å². The maximum absolute atomic E-state index is 3.73. The Morgan fingerprint density at radius 3 is 3.00 bits per heavy atom. The molecule has 0 aliphatic carbocycles. The molecule has 2 aliphatic heterocycles. The minimum atomic E-state index is 0.529. The van der Waals surface area contributed by atoms with Gasteiger partial charge in [-0.1, -0.05) is 12.8 Å². The van der Waals surface area contributed by atoms with Gasteiger partial charge in [-0.3, -0.25) is 0 Å². The fourth-order valence-corrected chi connectivity index (χ4v) is 2.45. The maximum atomic E-state index is 3.73. The van der Waals surface area contributed by atoms with Crippen LogP contribution in [0, 0.1) is 0 Å². The molecule has 2 saturated heterocycles. The molecule has 0 spiro atoms. The predicted molar refractivity (Wildman–Crippen MR) is 43.0 cm³/mol. The first-order valence-electron chi connectivity index (χ1n) is 4.56. The lowest BCUT2D eigenvalue weighted by molar-refractivity contribution is 0.379. The van der Waals surface area contributed by atoms with E-state index >= 15 is 0 Å². The summed E-state index contributed by atoms with van der Waals surface area (Å²) in [5.41, 5.74) is 0.529. The van der Waals surface area contributed by atoms with Crippen LogP contribution >= 0.6 is 0 Å². The van der Waals surface area contributed by atoms with E-state index in [0.29, 0.717) is 5.54 Å². The topological polar surface area (TPSA) is 12.0 Å². The molecule has 0 aromatic carbocycles. The largest absolute Gasteiger partial charge is 0.309 e. The van der Waals surface area contributed by atoms with Crippen molar-refractivity contribution in [1.82, 2.24) is 5.32 Å². The molecule has 10 heavy (non-hydrogen) atoms. The Morgan fingerprint density at radius 1 is 1.20 bits per heavy atom. The Balaban J connectivity index is 2.09. The normalized spacial score (nSPS) is 47.1. The molecule has 1 nitrogen and oxygen atoms in total. The molecule has 0 radical (unpaired) electrons. The first kappa shape index (κ1) is 6.66. The number of hydrogen-bond donors (Lipinski definition) is 1. The molecule has 1 heteroatoms. The van der Waals surface area contributed by atoms with E-state index in [1.165, 1.54) is 38.5 Å². The maximum Gasteiger partial charge on any atom is 0.0156 e. The zero-order valence-electron chi connectivity index (χ0n) is 6.82. The van der Waals surface area contributed by atoms with Crippen LogP contribution in [-0.2, 0) is 0 Å². The van der Waals surface area contributed by atoms with Gasteiger partial charge in [-0.25, -0.2) is 0 Å². The van der Waals surface area contributed by atoms with Gasteiger partial charge >= 0.3 is 0 Å². The fourth-order valence-electron chi connectivity index (χ4n) is 2.45. The molecular weight excluding hydrogens is 122 g/mol. The first-order chi connectivity index (χ1) is 4.79. The van der Waals surface area contributed by atoms with Crippen molar-refractivity contribution >= 4 is 0 Å². The lowest BCUT2D eigenvalue weighted by atomic mass is 9.91. The highest BCUT2D eigenvalue weighted by Crippen LogP contribution is 2.33. The lowest BCUT2D eigenvalue weighted by Gasteiger charge is -2.23. The van der Waals surface area contributed by atoms with Crippen molar-refractivity contribution in [2.24, 2.45) is 0 Å². The summed E-state index contributed by atoms with van der Waals surface area (Å²) in [5, 5.41) is 3.73. The Bertz CT molecular complexity index is 131. The molecule has 2 fully saturated rings. The van der Waals surface area contributed by atoms with Crippen LogP contribution in [-0.4, -0.2) is 11.6 Å². The van der Waals surface area contributed by atoms with Crippen LogP contribution in [0.4, 0.5) is 0 Å². The minimum Gasteiger partial charge on any atom is -0.309 e. The van der Waals surface area contributed by atoms with Gasteiger partial charge in [-0.15, -0.1) is 0 Å². The zero-order chi connectivity index (χ0) is 7.03. The van der Waals surface area contributed by atoms with E-state index in [2.05, 4.69) is 12.2 Å². The Morgan fingerprint density at radius 2 is 2.10 bits per heavy atom. The van der Waals surface area contributed by atoms with Gasteiger partial charge in [0, 0.05) is 11.6 Å². The van der Waals surface area contributed by atoms with Crippen LogP contribution in [0.15, 0.2) is 0 Å². The van der Waals surface area contributed by atoms with Crippen LogP contribution in [0.25, 0.3) is 0 Å². The Kier molecular flexibility index (Phi) is 1.48. The quantitative estimate of drug-likeness (QED) is 0.541. The number of rotatable bonds is 0. The van der Waals surface area contributed by atoms with Crippen LogP contribution in [0.5, 0.6) is 0 Å². The smallest absolute Gasteiger partial charge is 0.0156 e. The molecule has 0 saturated carbocycles. The molecule has 58 valence electrons. The molecule has 2 rings (SSSR count). The lowest BCUT2D eigenvalue weighted by Crippen LogP contribution is -2.38. The van der Waals surface area contributed by atoms with E-state index in [-0.39, 0.29) is 0 Å². The average molecular weight is 139 g/mol. The standard InChI is InChI=1S/C9H17N/c1-9-6-3-2-4-8(10-9)5-7-9/h8,10H,2-7H2,1H3. The van der Waals surface area contributed by atoms with Crippen molar-refractivity contribution in [2.75, 3.05) is 0 Å². The summed E-state index contributed by atoms with van der Waals surface area (Å²) in [6.45, 7) is 2.39. The third-order valence-corrected chi connectivity index (χ3v) is 3.13. The fraction of sp³-hybridized carbons (Fsp3) is 1.00. The first-order valence-corrected chi connectivity index (χ1v) is 4.56. The second-order valence-electron chi connectivity index (χ2n) is 4.19. The van der Waals surface area contributed by atoms with Crippen molar-refractivity contribution in [3.8, 4) is 0 Å². The van der Waals surface area contributed by atoms with E-state index < -0.39 is 0 Å². The minimum absolute atomic E-state index is 0.529. The van der Waals surface area contributed by atoms with Crippen LogP contribution in [0.2, 0.25) is 0 Å². The number of nitrogens with one attached hydrogen (secondary N) is 1. The molecule has 0 aromatic rings. The van der Waals surface area contributed by atoms with Gasteiger partial charge in [0.05, 0.1) is 0 Å². The van der Waals surface area contributed by atoms with Crippen molar-refractivity contribution < 1.29 is 0 Å². The summed E-state index contributed by atoms with van der Waals surface area (Å²) in [6.07, 6.45) is 8.57. The van der Waals surface area contributed by atoms with Crippen molar-refractivity contribution in [2.45, 2.75) is 57.0 Å². The molecule has 2 atom stereocenters. The van der Waals surface area contributed by atoms with Gasteiger partial charge in [0.1, 0.15) is 0 Å². The highest BCUT2D eigenvalue weighted by Gasteiger charge is 2.35. The van der Waals surface area contributed by atoms with Crippen LogP contribution in [0.3, 0.4) is 0 Å². The van der Waals surface area contributed by atoms with Crippen molar-refractivity contribution in [3.05, 3.63) is 0 Å². The van der Waals surface area contributed by atoms with Crippen molar-refractivity contribution in [3.63, 3.8) is 0 Å². The molecule has 2 unspecified atom stereocenters. The third kappa shape index (κ3) is 1.07. The predicted octanol–water partition coefficient (Wildman–Crippen LogP) is 2.07. The third-order valence-electron chi connectivity index (χ3n) is 3.13. The van der Waals surface area contributed by atoms with Gasteiger partial charge in [0.25, 0.3) is 0 Å². The second-order valence-corrected chi connectivity index (χ2v) is 4.19. The number of hydrogen-bond acceptors (Lipinski definition) is 1. The van der Waals surface area contributed by atoms with Crippen LogP contribution < -0.4 is 5.32 Å². The summed E-state index contributed by atoms with van der Waals surface area (Å²) in [5.74, 6) is 0. The van der Waals surface area contributed by atoms with Crippen molar-refractivity contribution in [1.29, 1.82) is 0 Å². The van der Waals surface area contributed by atoms with E-state index in [1.807, 2.05) is 0 Å². The molecule has 1 N–H and O–H groups in total. The summed E-state index contributed by atoms with van der Waals surface area (Å²) >= 11 is 0. The van der Waals surface area contributed by atoms with E-state index in [0.717, 1.165) is 6.04 Å². The van der Waals surface area contributed by atoms with Crippen LogP contribution in [0.1, 0.15) is 45.4 Å². The van der Waals surface area contributed by atoms with E-state index in [1.54, 1.807) is 0 Å². The van der Waals surface area contributed by atoms with E-state index in [4.69, 9.17) is 0 Å². The van der Waals surface area contributed by atoms with Gasteiger partial charge in [-0.2, -0.15) is 0 Å². The monoisotopic (exact) mass is 139 g/mol. The summed E-state index contributed by atoms with van der Waals surface area (Å²) in [4.78, 5) is 0. The Hall–Kier alpha value is -0.0400. The highest BCUT2D eigenvalue weighted by atomic mass is 15.0. The molecule has 0 amide bonds. The zero-order valence-corrected chi connectivity index (χ0v) is 6.82. The molecular formula is C9H17N. The number of fused-ring (bicyclic) bond motifs is 2. The second kappa shape index (κ2) is 2.23. The molecule has 0 aromatic heterocycles. The molecule has 2 aliphatic rings.